The van der Waals surface area contributed by atoms with Crippen molar-refractivity contribution in [3.05, 3.63) is 29.0 Å². The molecule has 0 aliphatic carbocycles. The number of halogens is 1. The van der Waals surface area contributed by atoms with Gasteiger partial charge in [0.05, 0.1) is 6.04 Å². The maximum absolute atomic E-state index is 5.75. The summed E-state index contributed by atoms with van der Waals surface area (Å²) in [5, 5.41) is 2.80. The van der Waals surface area contributed by atoms with Crippen LogP contribution in [0.1, 0.15) is 24.4 Å². The molecule has 1 fully saturated rings. The van der Waals surface area contributed by atoms with Crippen molar-refractivity contribution in [3.8, 4) is 0 Å². The van der Waals surface area contributed by atoms with Gasteiger partial charge in [-0.25, -0.2) is 9.99 Å². The Bertz CT molecular complexity index is 299. The Morgan fingerprint density at radius 2 is 2.43 bits per heavy atom. The number of aromatic nitrogens is 1. The number of hydrogen-bond acceptors (Lipinski definition) is 3. The fourth-order valence-corrected chi connectivity index (χ4v) is 2.08. The Morgan fingerprint density at radius 1 is 1.57 bits per heavy atom. The minimum absolute atomic E-state index is 0.449. The summed E-state index contributed by atoms with van der Waals surface area (Å²) in [4.78, 5) is 4.10. The topological polar surface area (TPSA) is 28.2 Å². The molecule has 1 aromatic heterocycles. The lowest BCUT2D eigenvalue weighted by Gasteiger charge is -2.23. The lowest BCUT2D eigenvalue weighted by atomic mass is 10.1. The molecule has 76 valence electrons. The molecule has 14 heavy (non-hydrogen) atoms. The molecular weight excluding hydrogens is 198 g/mol. The molecule has 2 rings (SSSR count). The van der Waals surface area contributed by atoms with Gasteiger partial charge in [-0.05, 0) is 31.5 Å². The van der Waals surface area contributed by atoms with Crippen molar-refractivity contribution in [1.29, 1.82) is 0 Å². The van der Waals surface area contributed by atoms with Gasteiger partial charge in [0.1, 0.15) is 5.15 Å². The van der Waals surface area contributed by atoms with E-state index in [1.165, 1.54) is 18.4 Å². The number of pyridine rings is 1. The van der Waals surface area contributed by atoms with Crippen molar-refractivity contribution in [2.24, 2.45) is 0 Å². The first kappa shape index (κ1) is 9.90. The Kier molecular flexibility index (Phi) is 3.01. The fourth-order valence-electron chi connectivity index (χ4n) is 1.97. The van der Waals surface area contributed by atoms with Gasteiger partial charge in [-0.2, -0.15) is 0 Å². The van der Waals surface area contributed by atoms with Crippen LogP contribution in [0.25, 0.3) is 0 Å². The smallest absolute Gasteiger partial charge is 0.129 e. The quantitative estimate of drug-likeness (QED) is 0.759. The highest BCUT2D eigenvalue weighted by Crippen LogP contribution is 2.29. The molecule has 1 aromatic rings. The molecule has 1 saturated heterocycles. The lowest BCUT2D eigenvalue weighted by Crippen LogP contribution is -2.34. The third-order valence-corrected chi connectivity index (χ3v) is 2.90. The number of rotatable bonds is 2. The van der Waals surface area contributed by atoms with Crippen LogP contribution in [0.15, 0.2) is 18.3 Å². The van der Waals surface area contributed by atoms with Gasteiger partial charge >= 0.3 is 0 Å². The first-order valence-corrected chi connectivity index (χ1v) is 5.24. The minimum atomic E-state index is 0.449. The van der Waals surface area contributed by atoms with Gasteiger partial charge in [-0.1, -0.05) is 17.7 Å². The maximum Gasteiger partial charge on any atom is 0.129 e. The fraction of sp³-hybridized carbons (Fsp3) is 0.500. The highest BCUT2D eigenvalue weighted by Gasteiger charge is 2.24. The molecule has 3 nitrogen and oxygen atoms in total. The van der Waals surface area contributed by atoms with Gasteiger partial charge < -0.3 is 0 Å². The van der Waals surface area contributed by atoms with Crippen molar-refractivity contribution in [1.82, 2.24) is 15.4 Å². The molecule has 1 aliphatic rings. The third-order valence-electron chi connectivity index (χ3n) is 2.68. The molecule has 1 N–H and O–H groups in total. The molecular formula is C10H14ClN3. The summed E-state index contributed by atoms with van der Waals surface area (Å²) in [5.74, 6) is 0. The molecule has 0 unspecified atom stereocenters. The maximum atomic E-state index is 5.75. The first-order valence-electron chi connectivity index (χ1n) is 4.87. The van der Waals surface area contributed by atoms with Crippen molar-refractivity contribution < 1.29 is 0 Å². The summed E-state index contributed by atoms with van der Waals surface area (Å²) in [5.41, 5.74) is 4.44. The monoisotopic (exact) mass is 211 g/mol. The minimum Gasteiger partial charge on any atom is -0.258 e. The normalized spacial score (nSPS) is 22.9. The Labute approximate surface area is 89.1 Å². The van der Waals surface area contributed by atoms with E-state index >= 15 is 0 Å². The van der Waals surface area contributed by atoms with E-state index in [-0.39, 0.29) is 0 Å². The van der Waals surface area contributed by atoms with E-state index in [0.29, 0.717) is 11.2 Å². The average molecular weight is 212 g/mol. The molecule has 4 heteroatoms. The predicted molar refractivity (Wildman–Crippen MR) is 57.0 cm³/mol. The number of hydrazine groups is 1. The number of nitrogens with one attached hydrogen (secondary N) is 1. The van der Waals surface area contributed by atoms with E-state index in [1.54, 1.807) is 0 Å². The van der Waals surface area contributed by atoms with Crippen molar-refractivity contribution in [2.45, 2.75) is 18.9 Å². The summed E-state index contributed by atoms with van der Waals surface area (Å²) in [6.07, 6.45) is 4.28. The van der Waals surface area contributed by atoms with E-state index in [4.69, 9.17) is 11.6 Å². The summed E-state index contributed by atoms with van der Waals surface area (Å²) in [6, 6.07) is 4.35. The van der Waals surface area contributed by atoms with Crippen LogP contribution in [0.3, 0.4) is 0 Å². The molecule has 1 aliphatic heterocycles. The van der Waals surface area contributed by atoms with Crippen LogP contribution in [0.4, 0.5) is 0 Å². The van der Waals surface area contributed by atoms with E-state index in [2.05, 4.69) is 21.5 Å². The van der Waals surface area contributed by atoms with Crippen LogP contribution >= 0.6 is 11.6 Å². The average Bonchev–Trinajstić information content (AvgIpc) is 2.67. The summed E-state index contributed by atoms with van der Waals surface area (Å²) in [6.45, 7) is 1.10. The van der Waals surface area contributed by atoms with Crippen LogP contribution in [0, 0.1) is 0 Å². The second kappa shape index (κ2) is 4.26. The van der Waals surface area contributed by atoms with Crippen molar-refractivity contribution in [2.75, 3.05) is 13.6 Å². The second-order valence-electron chi connectivity index (χ2n) is 3.49. The van der Waals surface area contributed by atoms with E-state index in [1.807, 2.05) is 19.3 Å². The second-order valence-corrected chi connectivity index (χ2v) is 3.88. The van der Waals surface area contributed by atoms with Gasteiger partial charge in [0.25, 0.3) is 0 Å². The van der Waals surface area contributed by atoms with Gasteiger partial charge in [-0.3, -0.25) is 5.43 Å². The highest BCUT2D eigenvalue weighted by molar-refractivity contribution is 6.29. The molecule has 1 atom stereocenters. The van der Waals surface area contributed by atoms with Gasteiger partial charge in [-0.15, -0.1) is 0 Å². The summed E-state index contributed by atoms with van der Waals surface area (Å²) in [7, 11) is 1.96. The van der Waals surface area contributed by atoms with Crippen LogP contribution in [0.5, 0.6) is 0 Å². The van der Waals surface area contributed by atoms with Crippen LogP contribution < -0.4 is 5.43 Å². The van der Waals surface area contributed by atoms with Crippen molar-refractivity contribution in [3.63, 3.8) is 0 Å². The van der Waals surface area contributed by atoms with E-state index in [0.717, 1.165) is 6.54 Å². The first-order chi connectivity index (χ1) is 6.81. The molecule has 0 amide bonds. The van der Waals surface area contributed by atoms with Crippen LogP contribution in [0.2, 0.25) is 5.15 Å². The predicted octanol–water partition coefficient (Wildman–Crippen LogP) is 2.01. The lowest BCUT2D eigenvalue weighted by molar-refractivity contribution is 0.190. The van der Waals surface area contributed by atoms with Gasteiger partial charge in [0, 0.05) is 12.7 Å². The summed E-state index contributed by atoms with van der Waals surface area (Å²) >= 11 is 5.75. The Hall–Kier alpha value is -0.640. The molecule has 0 saturated carbocycles. The van der Waals surface area contributed by atoms with E-state index in [9.17, 15) is 0 Å². The van der Waals surface area contributed by atoms with Crippen LogP contribution in [-0.2, 0) is 0 Å². The standard InChI is InChI=1S/C10H14ClN3/c1-12-14-6-2-3-9(14)8-4-5-10(11)13-7-8/h4-5,7,9,12H,2-3,6H2,1H3/t9-/m1/s1. The Morgan fingerprint density at radius 3 is 3.07 bits per heavy atom. The molecule has 0 radical (unpaired) electrons. The van der Waals surface area contributed by atoms with Gasteiger partial charge in [0.2, 0.25) is 0 Å². The zero-order valence-electron chi connectivity index (χ0n) is 8.20. The zero-order valence-corrected chi connectivity index (χ0v) is 8.96. The Balaban J connectivity index is 2.17. The largest absolute Gasteiger partial charge is 0.258 e. The molecule has 0 bridgehead atoms. The van der Waals surface area contributed by atoms with Gasteiger partial charge in [0.15, 0.2) is 0 Å². The van der Waals surface area contributed by atoms with Crippen LogP contribution in [-0.4, -0.2) is 23.6 Å². The number of hydrogen-bond donors (Lipinski definition) is 1. The van der Waals surface area contributed by atoms with E-state index < -0.39 is 0 Å². The third kappa shape index (κ3) is 1.90. The molecule has 0 spiro atoms. The van der Waals surface area contributed by atoms with Crippen molar-refractivity contribution >= 4 is 11.6 Å². The summed E-state index contributed by atoms with van der Waals surface area (Å²) < 4.78 is 0. The highest BCUT2D eigenvalue weighted by atomic mass is 35.5. The SMILES string of the molecule is CNN1CCC[C@@H]1c1ccc(Cl)nc1. The molecule has 2 heterocycles. The molecule has 0 aromatic carbocycles. The number of nitrogens with zero attached hydrogens (tertiary/aromatic N) is 2. The zero-order chi connectivity index (χ0) is 9.97.